The van der Waals surface area contributed by atoms with Crippen LogP contribution in [0.1, 0.15) is 59.9 Å². The summed E-state index contributed by atoms with van der Waals surface area (Å²) in [5.41, 5.74) is -0.0633. The van der Waals surface area contributed by atoms with Gasteiger partial charge in [0, 0.05) is 58.3 Å². The van der Waals surface area contributed by atoms with Gasteiger partial charge in [-0.15, -0.1) is 0 Å². The van der Waals surface area contributed by atoms with E-state index in [9.17, 15) is 37.9 Å². The van der Waals surface area contributed by atoms with Crippen molar-refractivity contribution in [1.82, 2.24) is 29.9 Å². The summed E-state index contributed by atoms with van der Waals surface area (Å²) in [6.07, 6.45) is 3.03. The molecule has 2 fully saturated rings. The van der Waals surface area contributed by atoms with E-state index in [1.807, 2.05) is 0 Å². The van der Waals surface area contributed by atoms with E-state index in [-0.39, 0.29) is 86.5 Å². The number of hydrogen-bond donors (Lipinski definition) is 4. The number of fused-ring (bicyclic) bond motifs is 1. The number of aliphatic hydroxyl groups is 1. The Morgan fingerprint density at radius 2 is 1.62 bits per heavy atom. The van der Waals surface area contributed by atoms with Gasteiger partial charge in [-0.2, -0.15) is 0 Å². The highest BCUT2D eigenvalue weighted by molar-refractivity contribution is 6.16. The monoisotopic (exact) mass is 678 g/mol. The van der Waals surface area contributed by atoms with Gasteiger partial charge >= 0.3 is 6.09 Å². The zero-order chi connectivity index (χ0) is 35.1. The van der Waals surface area contributed by atoms with Crippen molar-refractivity contribution in [3.63, 3.8) is 0 Å². The fourth-order valence-electron chi connectivity index (χ4n) is 6.34. The molecular weight excluding hydrogens is 634 g/mol. The summed E-state index contributed by atoms with van der Waals surface area (Å²) in [5, 5.41) is 23.7. The maximum Gasteiger partial charge on any atom is 0.407 e. The van der Waals surface area contributed by atoms with Crippen molar-refractivity contribution in [2.24, 2.45) is 13.0 Å². The molecule has 4 N–H and O–H groups in total. The molecule has 0 bridgehead atoms. The van der Waals surface area contributed by atoms with E-state index in [0.29, 0.717) is 0 Å². The van der Waals surface area contributed by atoms with Gasteiger partial charge in [0.1, 0.15) is 17.8 Å². The average molecular weight is 679 g/mol. The molecule has 2 aliphatic rings. The van der Waals surface area contributed by atoms with Crippen LogP contribution >= 0.6 is 0 Å². The third kappa shape index (κ3) is 8.03. The number of ether oxygens (including phenoxy) is 1. The predicted molar refractivity (Wildman–Crippen MR) is 169 cm³/mol. The first kappa shape index (κ1) is 36.5. The maximum absolute atomic E-state index is 14.3. The normalized spacial score (nSPS) is 16.8. The van der Waals surface area contributed by atoms with Crippen LogP contribution < -0.4 is 10.6 Å². The Morgan fingerprint density at radius 1 is 1.00 bits per heavy atom. The van der Waals surface area contributed by atoms with E-state index in [0.717, 1.165) is 49.1 Å². The van der Waals surface area contributed by atoms with Gasteiger partial charge in [0.2, 0.25) is 11.8 Å². The molecule has 48 heavy (non-hydrogen) atoms. The number of likely N-dealkylation sites (N-methyl/N-ethyl adjacent to an activating group) is 1. The second kappa shape index (κ2) is 16.2. The summed E-state index contributed by atoms with van der Waals surface area (Å²) in [6.45, 7) is 1.89. The molecule has 1 aromatic heterocycles. The van der Waals surface area contributed by atoms with Crippen molar-refractivity contribution in [2.75, 3.05) is 59.6 Å². The van der Waals surface area contributed by atoms with Crippen LogP contribution in [0.25, 0.3) is 10.9 Å². The van der Waals surface area contributed by atoms with E-state index < -0.39 is 47.5 Å². The molecule has 0 radical (unpaired) electrons. The van der Waals surface area contributed by atoms with Crippen LogP contribution in [-0.4, -0.2) is 131 Å². The van der Waals surface area contributed by atoms with Crippen molar-refractivity contribution >= 4 is 40.6 Å². The highest BCUT2D eigenvalue weighted by atomic mass is 19.2. The van der Waals surface area contributed by atoms with Gasteiger partial charge in [-0.05, 0) is 31.7 Å². The molecule has 0 spiro atoms. The number of carboxylic acid groups (broad SMARTS) is 1. The number of halogens is 2. The minimum Gasteiger partial charge on any atom is -0.465 e. The number of nitrogens with one attached hydrogen (secondary N) is 2. The zero-order valence-electron chi connectivity index (χ0n) is 27.5. The fraction of sp³-hybridized carbons (Fsp3) is 0.594. The lowest BCUT2D eigenvalue weighted by Crippen LogP contribution is -2.59. The third-order valence-corrected chi connectivity index (χ3v) is 9.26. The van der Waals surface area contributed by atoms with E-state index in [1.165, 1.54) is 30.5 Å². The Morgan fingerprint density at radius 3 is 2.25 bits per heavy atom. The quantitative estimate of drug-likeness (QED) is 0.245. The minimum absolute atomic E-state index is 0.0391. The Hall–Kier alpha value is -4.31. The lowest BCUT2D eigenvalue weighted by Gasteiger charge is -2.39. The summed E-state index contributed by atoms with van der Waals surface area (Å²) < 4.78 is 35.1. The number of carbonyl (C=O) groups excluding carboxylic acids is 4. The molecule has 1 saturated heterocycles. The van der Waals surface area contributed by atoms with Gasteiger partial charge in [0.15, 0.2) is 11.6 Å². The molecule has 264 valence electrons. The van der Waals surface area contributed by atoms with Gasteiger partial charge in [0.25, 0.3) is 11.8 Å². The molecule has 2 atom stereocenters. The van der Waals surface area contributed by atoms with Crippen molar-refractivity contribution in [2.45, 2.75) is 51.1 Å². The van der Waals surface area contributed by atoms with Crippen LogP contribution in [0.4, 0.5) is 13.6 Å². The summed E-state index contributed by atoms with van der Waals surface area (Å²) in [6, 6.07) is -0.0692. The van der Waals surface area contributed by atoms with Gasteiger partial charge in [-0.25, -0.2) is 13.6 Å². The lowest BCUT2D eigenvalue weighted by atomic mass is 9.83. The number of carbonyl (C=O) groups is 5. The first-order valence-electron chi connectivity index (χ1n) is 16.2. The number of amides is 5. The van der Waals surface area contributed by atoms with Gasteiger partial charge < -0.3 is 40.0 Å². The number of hydrogen-bond acceptors (Lipinski definition) is 7. The zero-order valence-corrected chi connectivity index (χ0v) is 27.5. The van der Waals surface area contributed by atoms with Crippen molar-refractivity contribution < 1.29 is 47.7 Å². The Bertz CT molecular complexity index is 1520. The molecule has 2 heterocycles. The second-order valence-corrected chi connectivity index (χ2v) is 12.2. The lowest BCUT2D eigenvalue weighted by molar-refractivity contribution is -0.140. The van der Waals surface area contributed by atoms with Crippen LogP contribution in [0.15, 0.2) is 12.1 Å². The number of piperazine rings is 1. The molecule has 0 unspecified atom stereocenters. The summed E-state index contributed by atoms with van der Waals surface area (Å²) in [5.74, 6) is -4.58. The Labute approximate surface area is 276 Å². The number of rotatable bonds is 12. The average Bonchev–Trinajstić information content (AvgIpc) is 3.36. The highest BCUT2D eigenvalue weighted by Crippen LogP contribution is 2.30. The minimum atomic E-state index is -1.27. The van der Waals surface area contributed by atoms with E-state index in [4.69, 9.17) is 9.84 Å². The SMILES string of the molecule is C[C@@H](C(=O)N[C@H](C(=O)N1CCN(C(=O)c2c(C(=O)NCCOCCO)c3cc(F)c(F)cc3n2C)CC1)C1CCCCC1)N(C)C(=O)O. The number of benzene rings is 1. The molecule has 5 amide bonds. The van der Waals surface area contributed by atoms with Crippen LogP contribution in [-0.2, 0) is 21.4 Å². The summed E-state index contributed by atoms with van der Waals surface area (Å²) >= 11 is 0. The molecule has 2 aromatic rings. The summed E-state index contributed by atoms with van der Waals surface area (Å²) in [4.78, 5) is 69.6. The second-order valence-electron chi connectivity index (χ2n) is 12.2. The topological polar surface area (TPSA) is 174 Å². The number of aryl methyl sites for hydroxylation is 1. The van der Waals surface area contributed by atoms with Gasteiger partial charge in [-0.1, -0.05) is 19.3 Å². The third-order valence-electron chi connectivity index (χ3n) is 9.26. The van der Waals surface area contributed by atoms with E-state index in [1.54, 1.807) is 4.90 Å². The van der Waals surface area contributed by atoms with E-state index in [2.05, 4.69) is 10.6 Å². The van der Waals surface area contributed by atoms with E-state index >= 15 is 0 Å². The number of nitrogens with zero attached hydrogens (tertiary/aromatic N) is 4. The van der Waals surface area contributed by atoms with Crippen LogP contribution in [0.5, 0.6) is 0 Å². The molecule has 1 aromatic carbocycles. The Kier molecular flexibility index (Phi) is 12.3. The van der Waals surface area contributed by atoms with Gasteiger partial charge in [-0.3, -0.25) is 24.1 Å². The van der Waals surface area contributed by atoms with Crippen LogP contribution in [0.3, 0.4) is 0 Å². The van der Waals surface area contributed by atoms with Crippen LogP contribution in [0.2, 0.25) is 0 Å². The first-order valence-corrected chi connectivity index (χ1v) is 16.2. The van der Waals surface area contributed by atoms with Crippen molar-refractivity contribution in [3.05, 3.63) is 35.0 Å². The number of aliphatic hydroxyl groups excluding tert-OH is 1. The molecule has 1 aliphatic heterocycles. The smallest absolute Gasteiger partial charge is 0.407 e. The predicted octanol–water partition coefficient (Wildman–Crippen LogP) is 1.54. The highest BCUT2D eigenvalue weighted by Gasteiger charge is 2.38. The largest absolute Gasteiger partial charge is 0.465 e. The molecule has 1 aliphatic carbocycles. The molecule has 4 rings (SSSR count). The van der Waals surface area contributed by atoms with Crippen LogP contribution in [0, 0.1) is 17.6 Å². The first-order chi connectivity index (χ1) is 22.9. The van der Waals surface area contributed by atoms with Gasteiger partial charge in [0.05, 0.1) is 30.9 Å². The van der Waals surface area contributed by atoms with Crippen molar-refractivity contribution in [3.8, 4) is 0 Å². The molecule has 16 heteroatoms. The Balaban J connectivity index is 1.52. The summed E-state index contributed by atoms with van der Waals surface area (Å²) in [7, 11) is 2.76. The maximum atomic E-state index is 14.3. The molecule has 1 saturated carbocycles. The number of aromatic nitrogens is 1. The fourth-order valence-corrected chi connectivity index (χ4v) is 6.34. The van der Waals surface area contributed by atoms with Crippen molar-refractivity contribution in [1.29, 1.82) is 0 Å². The molecule has 14 nitrogen and oxygen atoms in total. The standard InChI is InChI=1S/C32H44F2N6O8/c1-19(37(2)32(46)47)28(42)36-26(20-7-5-4-6-8-20)30(44)39-10-12-40(13-11-39)31(45)27-25(29(43)35-9-15-48-16-14-41)21-17-22(33)23(34)18-24(21)38(27)3/h17-20,26,41H,4-16H2,1-3H3,(H,35,43)(H,36,42)(H,46,47)/t19-,26-/m0/s1. The molecular formula is C32H44F2N6O8.